The highest BCUT2D eigenvalue weighted by molar-refractivity contribution is 5.79. The van der Waals surface area contributed by atoms with Crippen molar-refractivity contribution < 1.29 is 9.90 Å². The van der Waals surface area contributed by atoms with Gasteiger partial charge in [-0.3, -0.25) is 9.69 Å². The first-order valence-electron chi connectivity index (χ1n) is 7.81. The van der Waals surface area contributed by atoms with Gasteiger partial charge in [-0.25, -0.2) is 0 Å². The summed E-state index contributed by atoms with van der Waals surface area (Å²) in [5, 5.41) is 12.6. The lowest BCUT2D eigenvalue weighted by Crippen LogP contribution is -2.57. The van der Waals surface area contributed by atoms with Gasteiger partial charge in [0.15, 0.2) is 0 Å². The van der Waals surface area contributed by atoms with Crippen molar-refractivity contribution in [1.29, 1.82) is 0 Å². The first kappa shape index (κ1) is 14.8. The Labute approximate surface area is 116 Å². The molecule has 0 aliphatic heterocycles. The van der Waals surface area contributed by atoms with E-state index in [0.29, 0.717) is 6.04 Å². The Morgan fingerprint density at radius 1 is 1.37 bits per heavy atom. The van der Waals surface area contributed by atoms with Gasteiger partial charge >= 0.3 is 5.97 Å². The van der Waals surface area contributed by atoms with Gasteiger partial charge in [-0.15, -0.1) is 0 Å². The summed E-state index contributed by atoms with van der Waals surface area (Å²) in [4.78, 5) is 14.2. The molecule has 0 heterocycles. The fraction of sp³-hybridized carbons (Fsp3) is 0.933. The van der Waals surface area contributed by atoms with Crippen LogP contribution in [0.25, 0.3) is 0 Å². The van der Waals surface area contributed by atoms with Crippen LogP contribution in [0.5, 0.6) is 0 Å². The smallest absolute Gasteiger partial charge is 0.323 e. The Balaban J connectivity index is 2.03. The molecule has 2 unspecified atom stereocenters. The number of aliphatic carboxylic acids is 1. The van der Waals surface area contributed by atoms with E-state index in [1.54, 1.807) is 7.05 Å². The van der Waals surface area contributed by atoms with Gasteiger partial charge in [0.05, 0.1) is 0 Å². The lowest BCUT2D eigenvalue weighted by molar-refractivity contribution is -0.147. The minimum Gasteiger partial charge on any atom is -0.480 e. The normalized spacial score (nSPS) is 31.6. The molecule has 2 aliphatic carbocycles. The molecule has 4 heteroatoms. The average Bonchev–Trinajstić information content (AvgIpc) is 3.24. The van der Waals surface area contributed by atoms with Crippen LogP contribution in [0.15, 0.2) is 0 Å². The summed E-state index contributed by atoms with van der Waals surface area (Å²) in [5.41, 5.74) is -0.692. The fourth-order valence-corrected chi connectivity index (χ4v) is 3.47. The Hall–Kier alpha value is -0.610. The Morgan fingerprint density at radius 3 is 2.63 bits per heavy atom. The minimum atomic E-state index is -0.692. The zero-order valence-electron chi connectivity index (χ0n) is 12.3. The van der Waals surface area contributed by atoms with Gasteiger partial charge in [-0.05, 0) is 58.5 Å². The predicted molar refractivity (Wildman–Crippen MR) is 76.3 cm³/mol. The zero-order valence-corrected chi connectivity index (χ0v) is 12.3. The molecule has 2 atom stereocenters. The number of likely N-dealkylation sites (N-methyl/N-ethyl adjacent to an activating group) is 1. The number of rotatable bonds is 7. The summed E-state index contributed by atoms with van der Waals surface area (Å²) in [5.74, 6) is -0.675. The van der Waals surface area contributed by atoms with Crippen molar-refractivity contribution in [2.75, 3.05) is 13.6 Å². The van der Waals surface area contributed by atoms with Crippen molar-refractivity contribution in [3.05, 3.63) is 0 Å². The quantitative estimate of drug-likeness (QED) is 0.743. The Bertz CT molecular complexity index is 317. The van der Waals surface area contributed by atoms with Gasteiger partial charge in [-0.2, -0.15) is 0 Å². The summed E-state index contributed by atoms with van der Waals surface area (Å²) < 4.78 is 0. The number of carboxylic acid groups (broad SMARTS) is 1. The minimum absolute atomic E-state index is 0.455. The molecule has 2 saturated carbocycles. The van der Waals surface area contributed by atoms with Crippen molar-refractivity contribution in [2.24, 2.45) is 0 Å². The number of nitrogens with zero attached hydrogens (tertiary/aromatic N) is 1. The highest BCUT2D eigenvalue weighted by Gasteiger charge is 2.45. The van der Waals surface area contributed by atoms with Crippen LogP contribution in [-0.4, -0.2) is 47.2 Å². The van der Waals surface area contributed by atoms with Crippen LogP contribution in [0.2, 0.25) is 0 Å². The zero-order chi connectivity index (χ0) is 13.9. The largest absolute Gasteiger partial charge is 0.480 e. The van der Waals surface area contributed by atoms with Crippen LogP contribution >= 0.6 is 0 Å². The Kier molecular flexibility index (Phi) is 4.85. The molecule has 2 N–H and O–H groups in total. The second kappa shape index (κ2) is 6.23. The van der Waals surface area contributed by atoms with E-state index in [-0.39, 0.29) is 0 Å². The van der Waals surface area contributed by atoms with Gasteiger partial charge in [0.1, 0.15) is 5.54 Å². The van der Waals surface area contributed by atoms with E-state index in [2.05, 4.69) is 17.1 Å². The molecule has 0 amide bonds. The molecule has 2 fully saturated rings. The molecular weight excluding hydrogens is 240 g/mol. The summed E-state index contributed by atoms with van der Waals surface area (Å²) in [6, 6.07) is 1.19. The van der Waals surface area contributed by atoms with Gasteiger partial charge in [0.25, 0.3) is 0 Å². The van der Waals surface area contributed by atoms with Crippen molar-refractivity contribution in [3.8, 4) is 0 Å². The van der Waals surface area contributed by atoms with Crippen molar-refractivity contribution in [1.82, 2.24) is 10.2 Å². The Morgan fingerprint density at radius 2 is 2.11 bits per heavy atom. The third-order valence-corrected chi connectivity index (χ3v) is 4.87. The molecule has 0 aromatic carbocycles. The summed E-state index contributed by atoms with van der Waals surface area (Å²) in [7, 11) is 1.80. The summed E-state index contributed by atoms with van der Waals surface area (Å²) in [6.45, 7) is 3.37. The lowest BCUT2D eigenvalue weighted by Gasteiger charge is -2.42. The maximum Gasteiger partial charge on any atom is 0.323 e. The van der Waals surface area contributed by atoms with E-state index in [1.807, 2.05) is 0 Å². The third kappa shape index (κ3) is 3.29. The topological polar surface area (TPSA) is 52.6 Å². The number of nitrogens with one attached hydrogen (secondary N) is 1. The molecular formula is C15H28N2O2. The number of hydrogen-bond donors (Lipinski definition) is 2. The van der Waals surface area contributed by atoms with Crippen molar-refractivity contribution in [2.45, 2.75) is 75.9 Å². The van der Waals surface area contributed by atoms with Crippen LogP contribution in [0, 0.1) is 0 Å². The van der Waals surface area contributed by atoms with E-state index in [0.717, 1.165) is 38.3 Å². The number of unbranched alkanes of at least 4 members (excludes halogenated alkanes) is 1. The van der Waals surface area contributed by atoms with Crippen LogP contribution < -0.4 is 5.32 Å². The molecule has 110 valence electrons. The molecule has 0 bridgehead atoms. The molecule has 0 spiro atoms. The first-order chi connectivity index (χ1) is 9.13. The highest BCUT2D eigenvalue weighted by Crippen LogP contribution is 2.37. The monoisotopic (exact) mass is 268 g/mol. The van der Waals surface area contributed by atoms with E-state index < -0.39 is 11.5 Å². The third-order valence-electron chi connectivity index (χ3n) is 4.87. The summed E-state index contributed by atoms with van der Waals surface area (Å²) in [6.07, 6.45) is 8.77. The van der Waals surface area contributed by atoms with E-state index in [4.69, 9.17) is 0 Å². The van der Waals surface area contributed by atoms with E-state index >= 15 is 0 Å². The van der Waals surface area contributed by atoms with Gasteiger partial charge in [-0.1, -0.05) is 13.3 Å². The highest BCUT2D eigenvalue weighted by atomic mass is 16.4. The van der Waals surface area contributed by atoms with Crippen LogP contribution in [0.1, 0.15) is 58.3 Å². The molecule has 4 nitrogen and oxygen atoms in total. The lowest BCUT2D eigenvalue weighted by atomic mass is 9.78. The van der Waals surface area contributed by atoms with Crippen molar-refractivity contribution in [3.63, 3.8) is 0 Å². The maximum absolute atomic E-state index is 11.6. The second-order valence-electron chi connectivity index (χ2n) is 6.21. The van der Waals surface area contributed by atoms with E-state index in [9.17, 15) is 9.90 Å². The molecule has 0 aromatic rings. The maximum atomic E-state index is 11.6. The van der Waals surface area contributed by atoms with Crippen LogP contribution in [0.3, 0.4) is 0 Å². The van der Waals surface area contributed by atoms with Crippen LogP contribution in [0.4, 0.5) is 0 Å². The van der Waals surface area contributed by atoms with Gasteiger partial charge in [0, 0.05) is 12.1 Å². The SMILES string of the molecule is CCCCN(C1CC1)C1CCCC(NC)(C(=O)O)C1. The number of carbonyl (C=O) groups is 1. The standard InChI is InChI=1S/C15H28N2O2/c1-3-4-10-17(12-7-8-12)13-6-5-9-15(11-13,16-2)14(18)19/h12-13,16H,3-11H2,1-2H3,(H,18,19). The summed E-state index contributed by atoms with van der Waals surface area (Å²) >= 11 is 0. The molecule has 2 rings (SSSR count). The second-order valence-corrected chi connectivity index (χ2v) is 6.21. The molecule has 0 aromatic heterocycles. The molecule has 2 aliphatic rings. The van der Waals surface area contributed by atoms with Crippen molar-refractivity contribution >= 4 is 5.97 Å². The van der Waals surface area contributed by atoms with E-state index in [1.165, 1.54) is 25.7 Å². The van der Waals surface area contributed by atoms with Crippen LogP contribution in [-0.2, 0) is 4.79 Å². The number of carboxylic acids is 1. The van der Waals surface area contributed by atoms with Gasteiger partial charge < -0.3 is 10.4 Å². The average molecular weight is 268 g/mol. The first-order valence-corrected chi connectivity index (χ1v) is 7.81. The molecule has 0 radical (unpaired) electrons. The van der Waals surface area contributed by atoms with Gasteiger partial charge in [0.2, 0.25) is 0 Å². The number of hydrogen-bond acceptors (Lipinski definition) is 3. The predicted octanol–water partition coefficient (Wildman–Crippen LogP) is 2.24. The molecule has 19 heavy (non-hydrogen) atoms. The fourth-order valence-electron chi connectivity index (χ4n) is 3.47. The molecule has 0 saturated heterocycles.